The number of carbonyl (C=O) groups excluding carboxylic acids is 1. The van der Waals surface area contributed by atoms with E-state index in [9.17, 15) is 4.79 Å². The van der Waals surface area contributed by atoms with Gasteiger partial charge in [0.1, 0.15) is 5.75 Å². The van der Waals surface area contributed by atoms with Crippen LogP contribution in [0.25, 0.3) is 11.1 Å². The number of nitrogens with one attached hydrogen (secondary N) is 1. The summed E-state index contributed by atoms with van der Waals surface area (Å²) in [5, 5.41) is 2.87. The van der Waals surface area contributed by atoms with Gasteiger partial charge in [-0.2, -0.15) is 0 Å². The number of nitrogens with zero attached hydrogens (tertiary/aromatic N) is 2. The molecule has 29 heavy (non-hydrogen) atoms. The number of hydrogen-bond acceptors (Lipinski definition) is 5. The first-order valence-corrected chi connectivity index (χ1v) is 9.68. The van der Waals surface area contributed by atoms with Gasteiger partial charge in [-0.15, -0.1) is 0 Å². The number of ether oxygens (including phenoxy) is 2. The summed E-state index contributed by atoms with van der Waals surface area (Å²) in [5.74, 6) is 0.452. The Balaban J connectivity index is 1.54. The molecule has 0 fully saturated rings. The lowest BCUT2D eigenvalue weighted by atomic mass is 10.1. The molecule has 6 heteroatoms. The van der Waals surface area contributed by atoms with Gasteiger partial charge in [0.05, 0.1) is 0 Å². The Morgan fingerprint density at radius 3 is 2.31 bits per heavy atom. The Morgan fingerprint density at radius 2 is 1.66 bits per heavy atom. The quantitative estimate of drug-likeness (QED) is 0.547. The fourth-order valence-corrected chi connectivity index (χ4v) is 2.67. The number of amides is 1. The molecular weight excluding hydrogens is 366 g/mol. The van der Waals surface area contributed by atoms with E-state index in [-0.39, 0.29) is 11.9 Å². The first kappa shape index (κ1) is 20.5. The summed E-state index contributed by atoms with van der Waals surface area (Å²) < 4.78 is 10.9. The smallest absolute Gasteiger partial charge is 0.321 e. The van der Waals surface area contributed by atoms with Gasteiger partial charge in [0, 0.05) is 43.3 Å². The van der Waals surface area contributed by atoms with Crippen LogP contribution in [0, 0.1) is 6.92 Å². The molecule has 0 radical (unpaired) electrons. The van der Waals surface area contributed by atoms with E-state index >= 15 is 0 Å². The lowest BCUT2D eigenvalue weighted by Crippen LogP contribution is -2.25. The molecule has 150 valence electrons. The van der Waals surface area contributed by atoms with Gasteiger partial charge in [-0.1, -0.05) is 29.8 Å². The van der Waals surface area contributed by atoms with E-state index < -0.39 is 0 Å². The summed E-state index contributed by atoms with van der Waals surface area (Å²) in [6.07, 6.45) is 4.25. The summed E-state index contributed by atoms with van der Waals surface area (Å²) >= 11 is 0. The van der Waals surface area contributed by atoms with Gasteiger partial charge >= 0.3 is 6.01 Å². The van der Waals surface area contributed by atoms with Gasteiger partial charge in [-0.05, 0) is 50.1 Å². The Morgan fingerprint density at radius 1 is 0.966 bits per heavy atom. The molecule has 0 spiro atoms. The van der Waals surface area contributed by atoms with E-state index in [0.29, 0.717) is 31.1 Å². The fraction of sp³-hybridized carbons (Fsp3) is 0.261. The van der Waals surface area contributed by atoms with Crippen LogP contribution in [-0.4, -0.2) is 35.6 Å². The second-order valence-electron chi connectivity index (χ2n) is 6.55. The topological polar surface area (TPSA) is 73.3 Å². The van der Waals surface area contributed by atoms with Crippen molar-refractivity contribution in [2.75, 3.05) is 19.8 Å². The molecule has 0 unspecified atom stereocenters. The van der Waals surface area contributed by atoms with Crippen molar-refractivity contribution < 1.29 is 14.3 Å². The van der Waals surface area contributed by atoms with Crippen molar-refractivity contribution in [3.8, 4) is 22.9 Å². The van der Waals surface area contributed by atoms with Crippen molar-refractivity contribution in [2.45, 2.75) is 20.3 Å². The SMILES string of the molecule is CCOCCCNC(=O)c1ccc(Oc2ncc(-c3ccc(C)cc3)cn2)cc1. The maximum Gasteiger partial charge on any atom is 0.321 e. The monoisotopic (exact) mass is 391 g/mol. The predicted octanol–water partition coefficient (Wildman–Crippen LogP) is 4.40. The minimum atomic E-state index is -0.119. The van der Waals surface area contributed by atoms with Crippen LogP contribution in [0.3, 0.4) is 0 Å². The van der Waals surface area contributed by atoms with Gasteiger partial charge in [0.25, 0.3) is 5.91 Å². The Labute approximate surface area is 170 Å². The average Bonchev–Trinajstić information content (AvgIpc) is 2.75. The Hall–Kier alpha value is -3.25. The Kier molecular flexibility index (Phi) is 7.30. The molecule has 6 nitrogen and oxygen atoms in total. The normalized spacial score (nSPS) is 10.6. The van der Waals surface area contributed by atoms with Crippen molar-refractivity contribution in [2.24, 2.45) is 0 Å². The van der Waals surface area contributed by atoms with Crippen molar-refractivity contribution in [1.82, 2.24) is 15.3 Å². The van der Waals surface area contributed by atoms with Crippen molar-refractivity contribution in [3.63, 3.8) is 0 Å². The number of hydrogen-bond donors (Lipinski definition) is 1. The van der Waals surface area contributed by atoms with Gasteiger partial charge < -0.3 is 14.8 Å². The van der Waals surface area contributed by atoms with Crippen LogP contribution < -0.4 is 10.1 Å². The van der Waals surface area contributed by atoms with E-state index in [1.807, 2.05) is 19.1 Å². The maximum absolute atomic E-state index is 12.1. The summed E-state index contributed by atoms with van der Waals surface area (Å²) in [6.45, 7) is 5.92. The molecule has 0 aliphatic carbocycles. The summed E-state index contributed by atoms with van der Waals surface area (Å²) in [6, 6.07) is 15.3. The van der Waals surface area contributed by atoms with Crippen LogP contribution in [0.4, 0.5) is 0 Å². The van der Waals surface area contributed by atoms with Crippen LogP contribution >= 0.6 is 0 Å². The van der Waals surface area contributed by atoms with Crippen molar-refractivity contribution >= 4 is 5.91 Å². The Bertz CT molecular complexity index is 908. The molecule has 2 aromatic carbocycles. The maximum atomic E-state index is 12.1. The van der Waals surface area contributed by atoms with Crippen LogP contribution in [0.1, 0.15) is 29.3 Å². The van der Waals surface area contributed by atoms with Crippen LogP contribution in [0.15, 0.2) is 60.9 Å². The molecule has 0 atom stereocenters. The molecule has 0 bridgehead atoms. The molecule has 0 saturated heterocycles. The lowest BCUT2D eigenvalue weighted by molar-refractivity contribution is 0.0944. The van der Waals surface area contributed by atoms with E-state index in [4.69, 9.17) is 9.47 Å². The summed E-state index contributed by atoms with van der Waals surface area (Å²) in [7, 11) is 0. The first-order valence-electron chi connectivity index (χ1n) is 9.68. The molecule has 0 aliphatic heterocycles. The lowest BCUT2D eigenvalue weighted by Gasteiger charge is -2.07. The number of benzene rings is 2. The standard InChI is InChI=1S/C23H25N3O3/c1-3-28-14-4-13-24-22(27)19-9-11-21(12-10-19)29-23-25-15-20(16-26-23)18-7-5-17(2)6-8-18/h5-12,15-16H,3-4,13-14H2,1-2H3,(H,24,27). The molecule has 1 aromatic heterocycles. The fourth-order valence-electron chi connectivity index (χ4n) is 2.67. The number of aromatic nitrogens is 2. The number of carbonyl (C=O) groups is 1. The van der Waals surface area contributed by atoms with Gasteiger partial charge in [-0.25, -0.2) is 9.97 Å². The minimum Gasteiger partial charge on any atom is -0.424 e. The molecule has 1 amide bonds. The van der Waals surface area contributed by atoms with E-state index in [0.717, 1.165) is 17.5 Å². The van der Waals surface area contributed by atoms with Gasteiger partial charge in [-0.3, -0.25) is 4.79 Å². The third-order valence-electron chi connectivity index (χ3n) is 4.29. The molecular formula is C23H25N3O3. The van der Waals surface area contributed by atoms with Gasteiger partial charge in [0.2, 0.25) is 0 Å². The average molecular weight is 391 g/mol. The largest absolute Gasteiger partial charge is 0.424 e. The molecule has 0 saturated carbocycles. The first-order chi connectivity index (χ1) is 14.2. The highest BCUT2D eigenvalue weighted by Crippen LogP contribution is 2.22. The second kappa shape index (κ2) is 10.3. The molecule has 1 heterocycles. The minimum absolute atomic E-state index is 0.119. The summed E-state index contributed by atoms with van der Waals surface area (Å²) in [4.78, 5) is 20.7. The molecule has 1 N–H and O–H groups in total. The van der Waals surface area contributed by atoms with E-state index in [1.165, 1.54) is 5.56 Å². The predicted molar refractivity (Wildman–Crippen MR) is 112 cm³/mol. The zero-order valence-electron chi connectivity index (χ0n) is 16.7. The third-order valence-corrected chi connectivity index (χ3v) is 4.29. The zero-order chi connectivity index (χ0) is 20.5. The van der Waals surface area contributed by atoms with Gasteiger partial charge in [0.15, 0.2) is 0 Å². The van der Waals surface area contributed by atoms with Crippen molar-refractivity contribution in [3.05, 3.63) is 72.1 Å². The van der Waals surface area contributed by atoms with Crippen LogP contribution in [0.2, 0.25) is 0 Å². The van der Waals surface area contributed by atoms with Crippen molar-refractivity contribution in [1.29, 1.82) is 0 Å². The van der Waals surface area contributed by atoms with Crippen LogP contribution in [0.5, 0.6) is 11.8 Å². The zero-order valence-corrected chi connectivity index (χ0v) is 16.7. The molecule has 3 rings (SSSR count). The molecule has 3 aromatic rings. The highest BCUT2D eigenvalue weighted by Gasteiger charge is 2.07. The highest BCUT2D eigenvalue weighted by atomic mass is 16.5. The number of rotatable bonds is 9. The highest BCUT2D eigenvalue weighted by molar-refractivity contribution is 5.94. The second-order valence-corrected chi connectivity index (χ2v) is 6.55. The van der Waals surface area contributed by atoms with E-state index in [2.05, 4.69) is 34.3 Å². The number of aryl methyl sites for hydroxylation is 1. The summed E-state index contributed by atoms with van der Waals surface area (Å²) in [5.41, 5.74) is 3.76. The van der Waals surface area contributed by atoms with Crippen LogP contribution in [-0.2, 0) is 4.74 Å². The molecule has 0 aliphatic rings. The third kappa shape index (κ3) is 6.12. The van der Waals surface area contributed by atoms with E-state index in [1.54, 1.807) is 36.7 Å².